The van der Waals surface area contributed by atoms with Crippen molar-refractivity contribution in [3.05, 3.63) is 56.8 Å². The second kappa shape index (κ2) is 8.17. The Hall–Kier alpha value is -1.94. The minimum Gasteiger partial charge on any atom is -0.453 e. The summed E-state index contributed by atoms with van der Waals surface area (Å²) in [5.41, 5.74) is 3.08. The topological polar surface area (TPSA) is 43.4 Å². The summed E-state index contributed by atoms with van der Waals surface area (Å²) < 4.78 is 5.27. The molecule has 0 bridgehead atoms. The monoisotopic (exact) mass is 370 g/mol. The van der Waals surface area contributed by atoms with E-state index in [-0.39, 0.29) is 18.4 Å². The average Bonchev–Trinajstić information content (AvgIpc) is 3.08. The maximum Gasteiger partial charge on any atom is 0.348 e. The molecule has 2 atom stereocenters. The van der Waals surface area contributed by atoms with E-state index in [0.717, 1.165) is 19.3 Å². The molecule has 0 radical (unpaired) electrons. The van der Waals surface area contributed by atoms with Gasteiger partial charge in [-0.3, -0.25) is 4.79 Å². The van der Waals surface area contributed by atoms with Crippen molar-refractivity contribution in [2.24, 2.45) is 5.92 Å². The van der Waals surface area contributed by atoms with Crippen molar-refractivity contribution in [3.8, 4) is 0 Å². The summed E-state index contributed by atoms with van der Waals surface area (Å²) in [6.45, 7) is 6.34. The van der Waals surface area contributed by atoms with Gasteiger partial charge in [-0.25, -0.2) is 4.79 Å². The zero-order chi connectivity index (χ0) is 18.7. The van der Waals surface area contributed by atoms with Gasteiger partial charge in [-0.2, -0.15) is 0 Å². The number of benzene rings is 1. The van der Waals surface area contributed by atoms with E-state index < -0.39 is 0 Å². The molecule has 1 aromatic heterocycles. The molecule has 0 N–H and O–H groups in total. The standard InChI is InChI=1S/C22H26O3S/c1-4-15(3)16-6-8-17(9-7-16)19(23)13-25-22(24)21-12-18-11-14(2)5-10-20(18)26-21/h6-9,12,14-15H,4-5,10-11,13H2,1-3H3/t14-,15-/m1/s1. The highest BCUT2D eigenvalue weighted by molar-refractivity contribution is 7.14. The van der Waals surface area contributed by atoms with Crippen LogP contribution >= 0.6 is 11.3 Å². The normalized spacial score (nSPS) is 17.4. The molecule has 1 aromatic carbocycles. The number of hydrogen-bond acceptors (Lipinski definition) is 4. The number of hydrogen-bond donors (Lipinski definition) is 0. The SMILES string of the molecule is CC[C@@H](C)c1ccc(C(=O)COC(=O)c2cc3c(s2)CC[C@@H](C)C3)cc1. The molecule has 138 valence electrons. The summed E-state index contributed by atoms with van der Waals surface area (Å²) in [6.07, 6.45) is 4.30. The zero-order valence-electron chi connectivity index (χ0n) is 15.7. The van der Waals surface area contributed by atoms with Crippen molar-refractivity contribution >= 4 is 23.1 Å². The third-order valence-electron chi connectivity index (χ3n) is 5.28. The Morgan fingerprint density at radius 1 is 1.27 bits per heavy atom. The fourth-order valence-electron chi connectivity index (χ4n) is 3.33. The maximum atomic E-state index is 12.3. The molecule has 0 fully saturated rings. The van der Waals surface area contributed by atoms with Gasteiger partial charge in [-0.05, 0) is 54.7 Å². The minimum atomic E-state index is -0.387. The Bertz CT molecular complexity index is 788. The summed E-state index contributed by atoms with van der Waals surface area (Å²) in [6, 6.07) is 9.56. The van der Waals surface area contributed by atoms with Crippen LogP contribution < -0.4 is 0 Å². The highest BCUT2D eigenvalue weighted by Gasteiger charge is 2.22. The highest BCUT2D eigenvalue weighted by Crippen LogP contribution is 2.32. The Balaban J connectivity index is 1.58. The molecule has 2 aromatic rings. The first-order valence-electron chi connectivity index (χ1n) is 9.39. The maximum absolute atomic E-state index is 12.3. The van der Waals surface area contributed by atoms with Gasteiger partial charge in [0.25, 0.3) is 0 Å². The third kappa shape index (κ3) is 4.24. The molecule has 1 heterocycles. The van der Waals surface area contributed by atoms with Crippen LogP contribution in [0.3, 0.4) is 0 Å². The first-order valence-corrected chi connectivity index (χ1v) is 10.2. The molecule has 0 saturated heterocycles. The number of ketones is 1. The summed E-state index contributed by atoms with van der Waals surface area (Å²) in [5.74, 6) is 0.594. The quantitative estimate of drug-likeness (QED) is 0.503. The summed E-state index contributed by atoms with van der Waals surface area (Å²) in [4.78, 5) is 26.5. The highest BCUT2D eigenvalue weighted by atomic mass is 32.1. The van der Waals surface area contributed by atoms with Crippen molar-refractivity contribution in [3.63, 3.8) is 0 Å². The van der Waals surface area contributed by atoms with Crippen LogP contribution in [0.4, 0.5) is 0 Å². The van der Waals surface area contributed by atoms with E-state index in [0.29, 0.717) is 22.3 Å². The number of thiophene rings is 1. The molecular formula is C22H26O3S. The van der Waals surface area contributed by atoms with Gasteiger partial charge in [0.1, 0.15) is 4.88 Å². The van der Waals surface area contributed by atoms with Crippen molar-refractivity contribution < 1.29 is 14.3 Å². The molecule has 0 saturated carbocycles. The predicted octanol–water partition coefficient (Wildman–Crippen LogP) is 5.43. The van der Waals surface area contributed by atoms with E-state index in [4.69, 9.17) is 4.74 Å². The molecule has 0 unspecified atom stereocenters. The lowest BCUT2D eigenvalue weighted by atomic mass is 9.90. The van der Waals surface area contributed by atoms with Crippen molar-refractivity contribution in [1.29, 1.82) is 0 Å². The molecule has 4 heteroatoms. The molecule has 1 aliphatic rings. The van der Waals surface area contributed by atoms with Gasteiger partial charge < -0.3 is 4.74 Å². The second-order valence-electron chi connectivity index (χ2n) is 7.34. The van der Waals surface area contributed by atoms with E-state index in [2.05, 4.69) is 20.8 Å². The van der Waals surface area contributed by atoms with Crippen molar-refractivity contribution in [2.75, 3.05) is 6.61 Å². The molecular weight excluding hydrogens is 344 g/mol. The number of aryl methyl sites for hydroxylation is 1. The van der Waals surface area contributed by atoms with Crippen molar-refractivity contribution in [1.82, 2.24) is 0 Å². The smallest absolute Gasteiger partial charge is 0.348 e. The van der Waals surface area contributed by atoms with Gasteiger partial charge in [0.2, 0.25) is 0 Å². The number of esters is 1. The number of carbonyl (C=O) groups is 2. The molecule has 3 rings (SSSR count). The van der Waals surface area contributed by atoms with Gasteiger partial charge >= 0.3 is 5.97 Å². The van der Waals surface area contributed by atoms with Gasteiger partial charge in [0.05, 0.1) is 0 Å². The van der Waals surface area contributed by atoms with Gasteiger partial charge in [-0.15, -0.1) is 11.3 Å². The van der Waals surface area contributed by atoms with Crippen LogP contribution in [0.25, 0.3) is 0 Å². The molecule has 0 spiro atoms. The molecule has 1 aliphatic carbocycles. The van der Waals surface area contributed by atoms with E-state index in [1.807, 2.05) is 30.3 Å². The number of Topliss-reactive ketones (excluding diaryl/α,β-unsaturated/α-hetero) is 1. The Morgan fingerprint density at radius 3 is 2.69 bits per heavy atom. The first kappa shape index (κ1) is 18.8. The van der Waals surface area contributed by atoms with Crippen LogP contribution in [0.5, 0.6) is 0 Å². The fraction of sp³-hybridized carbons (Fsp3) is 0.455. The fourth-order valence-corrected chi connectivity index (χ4v) is 4.43. The van der Waals surface area contributed by atoms with Gasteiger partial charge in [0.15, 0.2) is 12.4 Å². The van der Waals surface area contributed by atoms with Crippen LogP contribution in [-0.2, 0) is 17.6 Å². The Morgan fingerprint density at radius 2 is 2.00 bits per heavy atom. The van der Waals surface area contributed by atoms with Gasteiger partial charge in [-0.1, -0.05) is 45.0 Å². The first-order chi connectivity index (χ1) is 12.5. The van der Waals surface area contributed by atoms with E-state index in [9.17, 15) is 9.59 Å². The number of ether oxygens (including phenoxy) is 1. The molecule has 0 amide bonds. The number of fused-ring (bicyclic) bond motifs is 1. The lowest BCUT2D eigenvalue weighted by Crippen LogP contribution is -2.13. The van der Waals surface area contributed by atoms with Crippen LogP contribution in [-0.4, -0.2) is 18.4 Å². The van der Waals surface area contributed by atoms with Crippen LogP contribution in [0.2, 0.25) is 0 Å². The third-order valence-corrected chi connectivity index (χ3v) is 6.50. The van der Waals surface area contributed by atoms with Crippen LogP contribution in [0.1, 0.15) is 75.6 Å². The predicted molar refractivity (Wildman–Crippen MR) is 105 cm³/mol. The van der Waals surface area contributed by atoms with E-state index in [1.165, 1.54) is 33.8 Å². The van der Waals surface area contributed by atoms with E-state index in [1.54, 1.807) is 0 Å². The molecule has 0 aliphatic heterocycles. The molecule has 3 nitrogen and oxygen atoms in total. The van der Waals surface area contributed by atoms with Crippen LogP contribution in [0, 0.1) is 5.92 Å². The average molecular weight is 371 g/mol. The lowest BCUT2D eigenvalue weighted by Gasteiger charge is -2.16. The summed E-state index contributed by atoms with van der Waals surface area (Å²) in [5, 5.41) is 0. The van der Waals surface area contributed by atoms with Gasteiger partial charge in [0, 0.05) is 10.4 Å². The lowest BCUT2D eigenvalue weighted by molar-refractivity contribution is 0.0479. The minimum absolute atomic E-state index is 0.163. The Labute approximate surface area is 159 Å². The van der Waals surface area contributed by atoms with E-state index >= 15 is 0 Å². The number of carbonyl (C=O) groups excluding carboxylic acids is 2. The zero-order valence-corrected chi connectivity index (χ0v) is 16.5. The Kier molecular flexibility index (Phi) is 5.92. The second-order valence-corrected chi connectivity index (χ2v) is 8.47. The summed E-state index contributed by atoms with van der Waals surface area (Å²) >= 11 is 1.51. The number of rotatable bonds is 6. The van der Waals surface area contributed by atoms with Crippen molar-refractivity contribution in [2.45, 2.75) is 52.4 Å². The summed E-state index contributed by atoms with van der Waals surface area (Å²) in [7, 11) is 0. The molecule has 26 heavy (non-hydrogen) atoms. The largest absolute Gasteiger partial charge is 0.453 e. The van der Waals surface area contributed by atoms with Crippen LogP contribution in [0.15, 0.2) is 30.3 Å².